The SMILES string of the molecule is COC(=O)NC1CCN(c2cc(Br)ccc2C#N)C1. The fourth-order valence-electron chi connectivity index (χ4n) is 2.18. The normalized spacial score (nSPS) is 17.9. The van der Waals surface area contributed by atoms with Crippen molar-refractivity contribution in [1.82, 2.24) is 5.32 Å². The molecule has 1 aromatic rings. The number of hydrogen-bond acceptors (Lipinski definition) is 4. The van der Waals surface area contributed by atoms with Crippen molar-refractivity contribution in [3.63, 3.8) is 0 Å². The molecule has 1 saturated heterocycles. The van der Waals surface area contributed by atoms with Gasteiger partial charge in [0.1, 0.15) is 6.07 Å². The second-order valence-electron chi connectivity index (χ2n) is 4.34. The number of methoxy groups -OCH3 is 1. The summed E-state index contributed by atoms with van der Waals surface area (Å²) >= 11 is 3.41. The number of hydrogen-bond donors (Lipinski definition) is 1. The molecule has 19 heavy (non-hydrogen) atoms. The molecule has 6 heteroatoms. The largest absolute Gasteiger partial charge is 0.453 e. The van der Waals surface area contributed by atoms with Crippen molar-refractivity contribution in [3.8, 4) is 6.07 Å². The summed E-state index contributed by atoms with van der Waals surface area (Å²) in [6.45, 7) is 1.49. The Morgan fingerprint density at radius 2 is 2.42 bits per heavy atom. The highest BCUT2D eigenvalue weighted by Crippen LogP contribution is 2.27. The van der Waals surface area contributed by atoms with Crippen molar-refractivity contribution in [3.05, 3.63) is 28.2 Å². The van der Waals surface area contributed by atoms with Crippen molar-refractivity contribution >= 4 is 27.7 Å². The van der Waals surface area contributed by atoms with Crippen LogP contribution in [0.5, 0.6) is 0 Å². The average molecular weight is 324 g/mol. The molecule has 1 fully saturated rings. The first-order valence-electron chi connectivity index (χ1n) is 5.93. The van der Waals surface area contributed by atoms with Crippen molar-refractivity contribution < 1.29 is 9.53 Å². The van der Waals surface area contributed by atoms with E-state index in [0.29, 0.717) is 12.1 Å². The molecule has 0 saturated carbocycles. The highest BCUT2D eigenvalue weighted by atomic mass is 79.9. The highest BCUT2D eigenvalue weighted by molar-refractivity contribution is 9.10. The Hall–Kier alpha value is -1.74. The Bertz CT molecular complexity index is 527. The van der Waals surface area contributed by atoms with E-state index >= 15 is 0 Å². The van der Waals surface area contributed by atoms with Crippen molar-refractivity contribution in [2.45, 2.75) is 12.5 Å². The van der Waals surface area contributed by atoms with Gasteiger partial charge in [-0.05, 0) is 24.6 Å². The monoisotopic (exact) mass is 323 g/mol. The van der Waals surface area contributed by atoms with Crippen LogP contribution in [-0.2, 0) is 4.74 Å². The number of amides is 1. The van der Waals surface area contributed by atoms with E-state index in [-0.39, 0.29) is 6.04 Å². The molecule has 1 aromatic carbocycles. The summed E-state index contributed by atoms with van der Waals surface area (Å²) < 4.78 is 5.52. The molecule has 100 valence electrons. The molecule has 0 aromatic heterocycles. The van der Waals surface area contributed by atoms with Gasteiger partial charge in [0.15, 0.2) is 0 Å². The third-order valence-electron chi connectivity index (χ3n) is 3.12. The molecular formula is C13H14BrN3O2. The fraction of sp³-hybridized carbons (Fsp3) is 0.385. The van der Waals surface area contributed by atoms with Gasteiger partial charge in [0, 0.05) is 17.6 Å². The summed E-state index contributed by atoms with van der Waals surface area (Å²) in [5.74, 6) is 0. The third kappa shape index (κ3) is 3.18. The van der Waals surface area contributed by atoms with E-state index < -0.39 is 6.09 Å². The number of nitriles is 1. The van der Waals surface area contributed by atoms with Gasteiger partial charge in [-0.3, -0.25) is 0 Å². The zero-order valence-corrected chi connectivity index (χ0v) is 12.1. The zero-order chi connectivity index (χ0) is 13.8. The Balaban J connectivity index is 2.11. The van der Waals surface area contributed by atoms with Gasteiger partial charge in [0.05, 0.1) is 24.4 Å². The van der Waals surface area contributed by atoms with Crippen LogP contribution in [0.4, 0.5) is 10.5 Å². The standard InChI is InChI=1S/C13H14BrN3O2/c1-19-13(18)16-11-4-5-17(8-11)12-6-10(14)3-2-9(12)7-15/h2-3,6,11H,4-5,8H2,1H3,(H,16,18). The van der Waals surface area contributed by atoms with Gasteiger partial charge in [-0.15, -0.1) is 0 Å². The number of benzene rings is 1. The number of halogens is 1. The highest BCUT2D eigenvalue weighted by Gasteiger charge is 2.25. The number of nitrogens with one attached hydrogen (secondary N) is 1. The maximum absolute atomic E-state index is 11.2. The maximum Gasteiger partial charge on any atom is 0.407 e. The molecule has 5 nitrogen and oxygen atoms in total. The summed E-state index contributed by atoms with van der Waals surface area (Å²) in [4.78, 5) is 13.3. The smallest absolute Gasteiger partial charge is 0.407 e. The van der Waals surface area contributed by atoms with E-state index in [0.717, 1.165) is 23.1 Å². The molecule has 2 rings (SSSR count). The topological polar surface area (TPSA) is 65.4 Å². The number of rotatable bonds is 2. The lowest BCUT2D eigenvalue weighted by molar-refractivity contribution is 0.167. The summed E-state index contributed by atoms with van der Waals surface area (Å²) in [6, 6.07) is 7.82. The van der Waals surface area contributed by atoms with E-state index in [9.17, 15) is 4.79 Å². The lowest BCUT2D eigenvalue weighted by atomic mass is 10.2. The van der Waals surface area contributed by atoms with Crippen LogP contribution in [0.25, 0.3) is 0 Å². The Morgan fingerprint density at radius 1 is 1.63 bits per heavy atom. The predicted octanol–water partition coefficient (Wildman–Crippen LogP) is 2.26. The summed E-state index contributed by atoms with van der Waals surface area (Å²) in [5.41, 5.74) is 1.54. The second-order valence-corrected chi connectivity index (χ2v) is 5.26. The lowest BCUT2D eigenvalue weighted by Crippen LogP contribution is -2.37. The van der Waals surface area contributed by atoms with Crippen LogP contribution in [-0.4, -0.2) is 32.3 Å². The minimum atomic E-state index is -0.415. The molecular weight excluding hydrogens is 310 g/mol. The van der Waals surface area contributed by atoms with E-state index in [1.54, 1.807) is 6.07 Å². The van der Waals surface area contributed by atoms with Crippen LogP contribution in [0.15, 0.2) is 22.7 Å². The summed E-state index contributed by atoms with van der Waals surface area (Å²) in [5, 5.41) is 11.9. The first-order valence-corrected chi connectivity index (χ1v) is 6.72. The van der Waals surface area contributed by atoms with E-state index in [1.165, 1.54) is 7.11 Å². The van der Waals surface area contributed by atoms with Crippen molar-refractivity contribution in [2.24, 2.45) is 0 Å². The van der Waals surface area contributed by atoms with Gasteiger partial charge in [-0.1, -0.05) is 15.9 Å². The molecule has 0 radical (unpaired) electrons. The minimum absolute atomic E-state index is 0.0537. The Kier molecular flexibility index (Phi) is 4.27. The second kappa shape index (κ2) is 5.93. The zero-order valence-electron chi connectivity index (χ0n) is 10.5. The van der Waals surface area contributed by atoms with E-state index in [4.69, 9.17) is 5.26 Å². The lowest BCUT2D eigenvalue weighted by Gasteiger charge is -2.20. The molecule has 1 heterocycles. The maximum atomic E-state index is 11.2. The van der Waals surface area contributed by atoms with Crippen LogP contribution in [0.2, 0.25) is 0 Å². The number of anilines is 1. The molecule has 1 aliphatic rings. The summed E-state index contributed by atoms with van der Waals surface area (Å²) in [7, 11) is 1.35. The molecule has 1 aliphatic heterocycles. The van der Waals surface area contributed by atoms with Crippen LogP contribution in [0.3, 0.4) is 0 Å². The van der Waals surface area contributed by atoms with Crippen LogP contribution in [0.1, 0.15) is 12.0 Å². The first-order chi connectivity index (χ1) is 9.13. The quantitative estimate of drug-likeness (QED) is 0.906. The van der Waals surface area contributed by atoms with Gasteiger partial charge < -0.3 is 15.0 Å². The minimum Gasteiger partial charge on any atom is -0.453 e. The number of alkyl carbamates (subject to hydrolysis) is 1. The third-order valence-corrected chi connectivity index (χ3v) is 3.61. The van der Waals surface area contributed by atoms with Crippen molar-refractivity contribution in [2.75, 3.05) is 25.1 Å². The van der Waals surface area contributed by atoms with E-state index in [1.807, 2.05) is 12.1 Å². The van der Waals surface area contributed by atoms with Crippen LogP contribution in [0, 0.1) is 11.3 Å². The molecule has 1 atom stereocenters. The average Bonchev–Trinajstić information content (AvgIpc) is 2.86. The van der Waals surface area contributed by atoms with Gasteiger partial charge in [-0.2, -0.15) is 5.26 Å². The number of carbonyl (C=O) groups excluding carboxylic acids is 1. The Morgan fingerprint density at radius 3 is 3.11 bits per heavy atom. The predicted molar refractivity (Wildman–Crippen MR) is 75.0 cm³/mol. The molecule has 0 aliphatic carbocycles. The van der Waals surface area contributed by atoms with E-state index in [2.05, 4.69) is 37.0 Å². The molecule has 1 unspecified atom stereocenters. The van der Waals surface area contributed by atoms with Gasteiger partial charge in [0.25, 0.3) is 0 Å². The van der Waals surface area contributed by atoms with Crippen LogP contribution < -0.4 is 10.2 Å². The number of carbonyl (C=O) groups is 1. The molecule has 1 N–H and O–H groups in total. The summed E-state index contributed by atoms with van der Waals surface area (Å²) in [6.07, 6.45) is 0.425. The van der Waals surface area contributed by atoms with Gasteiger partial charge >= 0.3 is 6.09 Å². The first kappa shape index (κ1) is 13.7. The number of ether oxygens (including phenoxy) is 1. The Labute approximate surface area is 120 Å². The molecule has 0 spiro atoms. The van der Waals surface area contributed by atoms with Crippen molar-refractivity contribution in [1.29, 1.82) is 5.26 Å². The fourth-order valence-corrected chi connectivity index (χ4v) is 2.53. The molecule has 0 bridgehead atoms. The number of nitrogens with zero attached hydrogens (tertiary/aromatic N) is 2. The van der Waals surface area contributed by atoms with Crippen LogP contribution >= 0.6 is 15.9 Å². The molecule has 1 amide bonds. The van der Waals surface area contributed by atoms with Gasteiger partial charge in [-0.25, -0.2) is 4.79 Å². The van der Waals surface area contributed by atoms with Gasteiger partial charge in [0.2, 0.25) is 0 Å².